The molecule has 4 rings (SSSR count). The fourth-order valence-corrected chi connectivity index (χ4v) is 4.52. The van der Waals surface area contributed by atoms with Crippen molar-refractivity contribution < 1.29 is 13.9 Å². The third-order valence-corrected chi connectivity index (χ3v) is 6.00. The van der Waals surface area contributed by atoms with Crippen molar-refractivity contribution in [2.75, 3.05) is 11.9 Å². The summed E-state index contributed by atoms with van der Waals surface area (Å²) in [7, 11) is 0. The molecular formula is C22H25N3O3S. The van der Waals surface area contributed by atoms with Gasteiger partial charge in [0.15, 0.2) is 0 Å². The van der Waals surface area contributed by atoms with Gasteiger partial charge in [-0.2, -0.15) is 0 Å². The maximum atomic E-state index is 12.5. The number of rotatable bonds is 5. The molecular weight excluding hydrogens is 386 g/mol. The second kappa shape index (κ2) is 7.99. The summed E-state index contributed by atoms with van der Waals surface area (Å²) in [4.78, 5) is 12.5. The minimum atomic E-state index is -0.229. The summed E-state index contributed by atoms with van der Waals surface area (Å²) in [5.41, 5.74) is 4.96. The average molecular weight is 412 g/mol. The lowest BCUT2D eigenvalue weighted by Crippen LogP contribution is -2.08. The molecule has 1 aromatic carbocycles. The van der Waals surface area contributed by atoms with E-state index >= 15 is 0 Å². The summed E-state index contributed by atoms with van der Waals surface area (Å²) >= 11 is 1.35. The molecule has 1 aliphatic carbocycles. The van der Waals surface area contributed by atoms with Gasteiger partial charge >= 0.3 is 0 Å². The normalized spacial score (nSPS) is 14.1. The van der Waals surface area contributed by atoms with Crippen molar-refractivity contribution in [1.82, 2.24) is 10.2 Å². The number of amides is 1. The molecule has 0 spiro atoms. The molecule has 29 heavy (non-hydrogen) atoms. The predicted octanol–water partition coefficient (Wildman–Crippen LogP) is 5.22. The first-order chi connectivity index (χ1) is 14.0. The molecule has 3 aromatic rings. The molecule has 2 aromatic heterocycles. The van der Waals surface area contributed by atoms with E-state index < -0.39 is 0 Å². The highest BCUT2D eigenvalue weighted by Gasteiger charge is 2.23. The Morgan fingerprint density at radius 1 is 1.31 bits per heavy atom. The number of benzene rings is 1. The molecule has 0 radical (unpaired) electrons. The van der Waals surface area contributed by atoms with Crippen LogP contribution >= 0.6 is 11.3 Å². The number of anilines is 1. The molecule has 0 atom stereocenters. The Balaban J connectivity index is 1.76. The third-order valence-electron chi connectivity index (χ3n) is 5.24. The quantitative estimate of drug-likeness (QED) is 0.582. The van der Waals surface area contributed by atoms with Crippen molar-refractivity contribution in [3.8, 4) is 5.75 Å². The molecule has 0 saturated heterocycles. The van der Waals surface area contributed by atoms with Crippen LogP contribution in [0.4, 0.5) is 5.13 Å². The second-order valence-electron chi connectivity index (χ2n) is 7.34. The van der Waals surface area contributed by atoms with Gasteiger partial charge in [-0.25, -0.2) is 0 Å². The molecule has 152 valence electrons. The Morgan fingerprint density at radius 3 is 2.83 bits per heavy atom. The minimum absolute atomic E-state index is 0.229. The number of aryl methyl sites for hydroxylation is 4. The highest BCUT2D eigenvalue weighted by Crippen LogP contribution is 2.41. The monoisotopic (exact) mass is 411 g/mol. The lowest BCUT2D eigenvalue weighted by molar-refractivity contribution is -0.111. The number of furan rings is 1. The molecule has 1 aliphatic rings. The van der Waals surface area contributed by atoms with E-state index in [0.29, 0.717) is 11.7 Å². The van der Waals surface area contributed by atoms with Gasteiger partial charge in [-0.05, 0) is 58.6 Å². The van der Waals surface area contributed by atoms with E-state index in [0.717, 1.165) is 57.0 Å². The van der Waals surface area contributed by atoms with Gasteiger partial charge in [0.2, 0.25) is 11.0 Å². The smallest absolute Gasteiger partial charge is 0.250 e. The van der Waals surface area contributed by atoms with Gasteiger partial charge in [-0.1, -0.05) is 11.3 Å². The van der Waals surface area contributed by atoms with Gasteiger partial charge in [-0.15, -0.1) is 10.2 Å². The SMILES string of the molecule is CCOc1c(/C(C)=C/C(=O)Nc2nnc(C)s2)cc2c3c(oc2c1C)CCCC3. The lowest BCUT2D eigenvalue weighted by atomic mass is 9.93. The van der Waals surface area contributed by atoms with Crippen LogP contribution in [0, 0.1) is 13.8 Å². The summed E-state index contributed by atoms with van der Waals surface area (Å²) in [5, 5.41) is 13.1. The zero-order chi connectivity index (χ0) is 20.5. The zero-order valence-corrected chi connectivity index (χ0v) is 18.0. The summed E-state index contributed by atoms with van der Waals surface area (Å²) in [6.45, 7) is 8.32. The molecule has 7 heteroatoms. The predicted molar refractivity (Wildman–Crippen MR) is 116 cm³/mol. The van der Waals surface area contributed by atoms with Gasteiger partial charge < -0.3 is 9.15 Å². The van der Waals surface area contributed by atoms with E-state index in [1.807, 2.05) is 27.7 Å². The number of nitrogens with one attached hydrogen (secondary N) is 1. The van der Waals surface area contributed by atoms with Gasteiger partial charge in [0.05, 0.1) is 6.61 Å². The van der Waals surface area contributed by atoms with Gasteiger partial charge in [-0.3, -0.25) is 10.1 Å². The van der Waals surface area contributed by atoms with Crippen LogP contribution in [0.25, 0.3) is 16.5 Å². The number of carbonyl (C=O) groups is 1. The van der Waals surface area contributed by atoms with Crippen LogP contribution in [0.3, 0.4) is 0 Å². The van der Waals surface area contributed by atoms with Crippen molar-refractivity contribution in [2.24, 2.45) is 0 Å². The fraction of sp³-hybridized carbons (Fsp3) is 0.409. The van der Waals surface area contributed by atoms with Crippen LogP contribution in [0.1, 0.15) is 54.1 Å². The molecule has 1 amide bonds. The summed E-state index contributed by atoms with van der Waals surface area (Å²) in [5.74, 6) is 1.65. The van der Waals surface area contributed by atoms with Crippen LogP contribution in [0.15, 0.2) is 16.6 Å². The Kier molecular flexibility index (Phi) is 5.41. The van der Waals surface area contributed by atoms with E-state index in [1.165, 1.54) is 29.7 Å². The maximum absolute atomic E-state index is 12.5. The highest BCUT2D eigenvalue weighted by molar-refractivity contribution is 7.15. The van der Waals surface area contributed by atoms with E-state index in [1.54, 1.807) is 6.08 Å². The van der Waals surface area contributed by atoms with Crippen LogP contribution in [0.2, 0.25) is 0 Å². The average Bonchev–Trinajstić information content (AvgIpc) is 3.27. The first-order valence-corrected chi connectivity index (χ1v) is 10.8. The Labute approximate surface area is 174 Å². The third kappa shape index (κ3) is 3.79. The van der Waals surface area contributed by atoms with Crippen molar-refractivity contribution in [3.05, 3.63) is 39.6 Å². The number of hydrogen-bond donors (Lipinski definition) is 1. The van der Waals surface area contributed by atoms with Crippen molar-refractivity contribution in [2.45, 2.75) is 53.4 Å². The molecule has 1 N–H and O–H groups in total. The van der Waals surface area contributed by atoms with Gasteiger partial charge in [0, 0.05) is 34.6 Å². The number of fused-ring (bicyclic) bond motifs is 3. The largest absolute Gasteiger partial charge is 0.493 e. The second-order valence-corrected chi connectivity index (χ2v) is 8.52. The lowest BCUT2D eigenvalue weighted by Gasteiger charge is -2.15. The number of allylic oxidation sites excluding steroid dienone is 1. The van der Waals surface area contributed by atoms with E-state index in [9.17, 15) is 4.79 Å². The molecule has 0 saturated carbocycles. The molecule has 0 aliphatic heterocycles. The van der Waals surface area contributed by atoms with Crippen LogP contribution in [0.5, 0.6) is 5.75 Å². The van der Waals surface area contributed by atoms with E-state index in [2.05, 4.69) is 21.6 Å². The van der Waals surface area contributed by atoms with Gasteiger partial charge in [0.1, 0.15) is 22.1 Å². The molecule has 6 nitrogen and oxygen atoms in total. The number of nitrogens with zero attached hydrogens (tertiary/aromatic N) is 2. The van der Waals surface area contributed by atoms with Crippen molar-refractivity contribution >= 4 is 38.9 Å². The fourth-order valence-electron chi connectivity index (χ4n) is 3.92. The maximum Gasteiger partial charge on any atom is 0.250 e. The molecule has 0 fully saturated rings. The minimum Gasteiger partial charge on any atom is -0.493 e. The summed E-state index contributed by atoms with van der Waals surface area (Å²) in [6, 6.07) is 2.12. The standard InChI is InChI=1S/C22H25N3O3S/c1-5-27-20-13(3)21-17(15-8-6-7-9-18(15)28-21)11-16(20)12(2)10-19(26)23-22-25-24-14(4)29-22/h10-11H,5-9H2,1-4H3,(H,23,25,26)/b12-10+. The zero-order valence-electron chi connectivity index (χ0n) is 17.2. The first-order valence-electron chi connectivity index (χ1n) is 9.98. The van der Waals surface area contributed by atoms with E-state index in [4.69, 9.17) is 9.15 Å². The summed E-state index contributed by atoms with van der Waals surface area (Å²) < 4.78 is 12.2. The van der Waals surface area contributed by atoms with Crippen LogP contribution in [-0.2, 0) is 17.6 Å². The number of hydrogen-bond acceptors (Lipinski definition) is 6. The molecule has 0 bridgehead atoms. The van der Waals surface area contributed by atoms with Crippen LogP contribution in [-0.4, -0.2) is 22.7 Å². The van der Waals surface area contributed by atoms with Crippen molar-refractivity contribution in [1.29, 1.82) is 0 Å². The first kappa shape index (κ1) is 19.6. The molecule has 2 heterocycles. The topological polar surface area (TPSA) is 77.2 Å². The number of aromatic nitrogens is 2. The van der Waals surface area contributed by atoms with Crippen molar-refractivity contribution in [3.63, 3.8) is 0 Å². The van der Waals surface area contributed by atoms with Gasteiger partial charge in [0.25, 0.3) is 0 Å². The Bertz CT molecular complexity index is 1110. The molecule has 0 unspecified atom stereocenters. The Morgan fingerprint density at radius 2 is 2.10 bits per heavy atom. The highest BCUT2D eigenvalue weighted by atomic mass is 32.1. The summed E-state index contributed by atoms with van der Waals surface area (Å²) in [6.07, 6.45) is 5.96. The van der Waals surface area contributed by atoms with Crippen LogP contribution < -0.4 is 10.1 Å². The number of carbonyl (C=O) groups excluding carboxylic acids is 1. The number of ether oxygens (including phenoxy) is 1. The van der Waals surface area contributed by atoms with E-state index in [-0.39, 0.29) is 5.91 Å². The Hall–Kier alpha value is -2.67.